The number of aromatic nitrogens is 2. The zero-order valence-corrected chi connectivity index (χ0v) is 13.9. The van der Waals surface area contributed by atoms with Crippen molar-refractivity contribution in [2.24, 2.45) is 0 Å². The second-order valence-corrected chi connectivity index (χ2v) is 6.49. The minimum absolute atomic E-state index is 0.166. The molecule has 1 fully saturated rings. The first-order valence-corrected chi connectivity index (χ1v) is 8.72. The van der Waals surface area contributed by atoms with Crippen LogP contribution in [0.1, 0.15) is 35.3 Å². The minimum atomic E-state index is -0.333. The number of aryl methyl sites for hydroxylation is 1. The van der Waals surface area contributed by atoms with Gasteiger partial charge in [0.05, 0.1) is 11.3 Å². The number of hydrogen-bond donors (Lipinski definition) is 2. The number of H-pyrrole nitrogens is 1. The van der Waals surface area contributed by atoms with Gasteiger partial charge in [0.1, 0.15) is 0 Å². The second-order valence-electron chi connectivity index (χ2n) is 5.63. The average Bonchev–Trinajstić information content (AvgIpc) is 3.25. The highest BCUT2D eigenvalue weighted by Gasteiger charge is 2.18. The maximum absolute atomic E-state index is 12.0. The predicted molar refractivity (Wildman–Crippen MR) is 91.3 cm³/mol. The Labute approximate surface area is 142 Å². The molecule has 1 saturated heterocycles. The highest BCUT2D eigenvalue weighted by Crippen LogP contribution is 2.18. The summed E-state index contributed by atoms with van der Waals surface area (Å²) in [5.41, 5.74) is 0.894. The van der Waals surface area contributed by atoms with Gasteiger partial charge < -0.3 is 9.88 Å². The van der Waals surface area contributed by atoms with Crippen molar-refractivity contribution in [2.75, 3.05) is 18.4 Å². The molecule has 0 unspecified atom stereocenters. The van der Waals surface area contributed by atoms with E-state index in [1.54, 1.807) is 0 Å². The van der Waals surface area contributed by atoms with Crippen molar-refractivity contribution >= 4 is 28.3 Å². The third-order valence-corrected chi connectivity index (χ3v) is 4.68. The molecule has 2 aromatic rings. The molecule has 3 rings (SSSR count). The summed E-state index contributed by atoms with van der Waals surface area (Å²) in [6, 6.07) is 2.75. The van der Waals surface area contributed by atoms with E-state index in [9.17, 15) is 14.4 Å². The van der Waals surface area contributed by atoms with E-state index in [-0.39, 0.29) is 17.4 Å². The van der Waals surface area contributed by atoms with Crippen LogP contribution in [0.5, 0.6) is 0 Å². The van der Waals surface area contributed by atoms with Gasteiger partial charge in [0, 0.05) is 37.2 Å². The first kappa shape index (κ1) is 16.4. The molecule has 1 aliphatic rings. The number of aromatic amines is 1. The molecule has 126 valence electrons. The van der Waals surface area contributed by atoms with Crippen molar-refractivity contribution in [3.63, 3.8) is 0 Å². The number of nitrogens with one attached hydrogen (secondary N) is 2. The molecule has 0 radical (unpaired) electrons. The summed E-state index contributed by atoms with van der Waals surface area (Å²) in [6.07, 6.45) is 4.55. The van der Waals surface area contributed by atoms with Crippen LogP contribution < -0.4 is 10.9 Å². The van der Waals surface area contributed by atoms with Crippen molar-refractivity contribution < 1.29 is 9.59 Å². The Morgan fingerprint density at radius 1 is 1.29 bits per heavy atom. The number of hydrogen-bond acceptors (Lipinski definition) is 5. The van der Waals surface area contributed by atoms with Crippen LogP contribution in [-0.2, 0) is 11.2 Å². The molecule has 0 aromatic carbocycles. The Morgan fingerprint density at radius 3 is 2.79 bits per heavy atom. The standard InChI is InChI=1S/C16H18N4O3S/c21-13-5-3-11(9-17-13)15(23)19-16-18-12(10-24-16)4-6-14(22)20-7-1-2-8-20/h3,5,9-10H,1-2,4,6-8H2,(H,17,21)(H,18,19,23). The molecule has 2 N–H and O–H groups in total. The van der Waals surface area contributed by atoms with E-state index >= 15 is 0 Å². The molecule has 2 amide bonds. The fourth-order valence-electron chi connectivity index (χ4n) is 2.56. The molecular formula is C16H18N4O3S. The van der Waals surface area contributed by atoms with Crippen molar-refractivity contribution in [3.05, 3.63) is 45.3 Å². The van der Waals surface area contributed by atoms with Gasteiger partial charge in [-0.05, 0) is 25.3 Å². The Kier molecular flexibility index (Phi) is 5.05. The van der Waals surface area contributed by atoms with Gasteiger partial charge >= 0.3 is 0 Å². The lowest BCUT2D eigenvalue weighted by atomic mass is 10.2. The van der Waals surface area contributed by atoms with Gasteiger partial charge in [-0.25, -0.2) is 4.98 Å². The fraction of sp³-hybridized carbons (Fsp3) is 0.375. The molecule has 3 heterocycles. The van der Waals surface area contributed by atoms with Crippen LogP contribution in [0.3, 0.4) is 0 Å². The SMILES string of the molecule is O=C(Nc1nc(CCC(=O)N2CCCC2)cs1)c1ccc(=O)[nH]c1. The van der Waals surface area contributed by atoms with Gasteiger partial charge in [0.2, 0.25) is 11.5 Å². The van der Waals surface area contributed by atoms with Crippen molar-refractivity contribution in [2.45, 2.75) is 25.7 Å². The minimum Gasteiger partial charge on any atom is -0.343 e. The highest BCUT2D eigenvalue weighted by molar-refractivity contribution is 7.14. The average molecular weight is 346 g/mol. The van der Waals surface area contributed by atoms with Crippen LogP contribution in [-0.4, -0.2) is 39.8 Å². The number of carbonyl (C=O) groups is 2. The quantitative estimate of drug-likeness (QED) is 0.860. The van der Waals surface area contributed by atoms with E-state index in [1.807, 2.05) is 10.3 Å². The van der Waals surface area contributed by atoms with Crippen LogP contribution in [0.2, 0.25) is 0 Å². The van der Waals surface area contributed by atoms with Crippen LogP contribution in [0.25, 0.3) is 0 Å². The van der Waals surface area contributed by atoms with Crippen LogP contribution >= 0.6 is 11.3 Å². The third-order valence-electron chi connectivity index (χ3n) is 3.87. The van der Waals surface area contributed by atoms with Crippen molar-refractivity contribution in [3.8, 4) is 0 Å². The first-order chi connectivity index (χ1) is 11.6. The molecule has 2 aromatic heterocycles. The van der Waals surface area contributed by atoms with Crippen molar-refractivity contribution in [1.82, 2.24) is 14.9 Å². The second kappa shape index (κ2) is 7.39. The van der Waals surface area contributed by atoms with Gasteiger partial charge in [0.15, 0.2) is 5.13 Å². The lowest BCUT2D eigenvalue weighted by Crippen LogP contribution is -2.27. The van der Waals surface area contributed by atoms with E-state index < -0.39 is 0 Å². The summed E-state index contributed by atoms with van der Waals surface area (Å²) in [5.74, 6) is -0.167. The largest absolute Gasteiger partial charge is 0.343 e. The maximum Gasteiger partial charge on any atom is 0.258 e. The van der Waals surface area contributed by atoms with E-state index in [0.717, 1.165) is 31.6 Å². The molecule has 0 bridgehead atoms. The monoisotopic (exact) mass is 346 g/mol. The van der Waals surface area contributed by atoms with E-state index in [1.165, 1.54) is 29.7 Å². The molecule has 0 aliphatic carbocycles. The fourth-order valence-corrected chi connectivity index (χ4v) is 3.30. The van der Waals surface area contributed by atoms with Gasteiger partial charge in [-0.3, -0.25) is 19.7 Å². The predicted octanol–water partition coefficient (Wildman–Crippen LogP) is 1.64. The molecule has 8 heteroatoms. The van der Waals surface area contributed by atoms with Crippen LogP contribution in [0, 0.1) is 0 Å². The molecule has 0 atom stereocenters. The summed E-state index contributed by atoms with van der Waals surface area (Å²) in [5, 5.41) is 5.02. The molecule has 0 spiro atoms. The molecule has 1 aliphatic heterocycles. The van der Waals surface area contributed by atoms with Crippen molar-refractivity contribution in [1.29, 1.82) is 0 Å². The Bertz CT molecular complexity index is 772. The molecule has 24 heavy (non-hydrogen) atoms. The maximum atomic E-state index is 12.0. The number of likely N-dealkylation sites (tertiary alicyclic amines) is 1. The van der Waals surface area contributed by atoms with E-state index in [2.05, 4.69) is 15.3 Å². The summed E-state index contributed by atoms with van der Waals surface area (Å²) in [7, 11) is 0. The molecular weight excluding hydrogens is 328 g/mol. The van der Waals surface area contributed by atoms with Gasteiger partial charge in [0.25, 0.3) is 5.91 Å². The zero-order valence-electron chi connectivity index (χ0n) is 13.1. The number of rotatable bonds is 5. The normalized spacial score (nSPS) is 13.9. The zero-order chi connectivity index (χ0) is 16.9. The highest BCUT2D eigenvalue weighted by atomic mass is 32.1. The Balaban J connectivity index is 1.53. The van der Waals surface area contributed by atoms with Gasteiger partial charge in [-0.15, -0.1) is 11.3 Å². The number of pyridine rings is 1. The van der Waals surface area contributed by atoms with Crippen LogP contribution in [0.15, 0.2) is 28.5 Å². The number of anilines is 1. The number of amides is 2. The number of thiazole rings is 1. The Morgan fingerprint density at radius 2 is 2.08 bits per heavy atom. The first-order valence-electron chi connectivity index (χ1n) is 7.84. The summed E-state index contributed by atoms with van der Waals surface area (Å²) >= 11 is 1.32. The summed E-state index contributed by atoms with van der Waals surface area (Å²) in [6.45, 7) is 1.72. The summed E-state index contributed by atoms with van der Waals surface area (Å²) < 4.78 is 0. The Hall–Kier alpha value is -2.48. The van der Waals surface area contributed by atoms with Gasteiger partial charge in [-0.2, -0.15) is 0 Å². The molecule has 0 saturated carbocycles. The lowest BCUT2D eigenvalue weighted by Gasteiger charge is -2.14. The van der Waals surface area contributed by atoms with Crippen LogP contribution in [0.4, 0.5) is 5.13 Å². The summed E-state index contributed by atoms with van der Waals surface area (Å²) in [4.78, 5) is 43.8. The number of carbonyl (C=O) groups excluding carboxylic acids is 2. The lowest BCUT2D eigenvalue weighted by molar-refractivity contribution is -0.130. The van der Waals surface area contributed by atoms with E-state index in [4.69, 9.17) is 0 Å². The number of nitrogens with zero attached hydrogens (tertiary/aromatic N) is 2. The van der Waals surface area contributed by atoms with E-state index in [0.29, 0.717) is 23.5 Å². The van der Waals surface area contributed by atoms with Gasteiger partial charge in [-0.1, -0.05) is 0 Å². The smallest absolute Gasteiger partial charge is 0.258 e. The third kappa shape index (κ3) is 4.08. The molecule has 7 nitrogen and oxygen atoms in total. The topological polar surface area (TPSA) is 95.2 Å².